The highest BCUT2D eigenvalue weighted by atomic mass is 19.4. The van der Waals surface area contributed by atoms with E-state index in [0.29, 0.717) is 19.3 Å². The predicted molar refractivity (Wildman–Crippen MR) is 67.7 cm³/mol. The van der Waals surface area contributed by atoms with Gasteiger partial charge in [0.2, 0.25) is 5.91 Å². The summed E-state index contributed by atoms with van der Waals surface area (Å²) < 4.78 is 39.8. The van der Waals surface area contributed by atoms with Crippen LogP contribution in [0, 0.1) is 5.41 Å². The van der Waals surface area contributed by atoms with Gasteiger partial charge in [-0.1, -0.05) is 20.8 Å². The number of halogens is 3. The molecule has 1 aliphatic heterocycles. The maximum atomic E-state index is 13.3. The lowest BCUT2D eigenvalue weighted by molar-refractivity contribution is -0.217. The first-order valence-corrected chi connectivity index (χ1v) is 6.87. The largest absolute Gasteiger partial charge is 0.404 e. The van der Waals surface area contributed by atoms with Gasteiger partial charge in [0.15, 0.2) is 5.41 Å². The molecule has 1 fully saturated rings. The van der Waals surface area contributed by atoms with E-state index in [1.165, 1.54) is 0 Å². The monoisotopic (exact) mass is 280 g/mol. The third-order valence-electron chi connectivity index (χ3n) is 4.54. The standard InChI is InChI=1S/C13H23F3N2O/c1-4-11(5-2,6-3)18-10(19)12(13(14,15)16)7-8-17-9-12/h17H,4-9H2,1-3H3,(H,18,19). The Labute approximate surface area is 112 Å². The summed E-state index contributed by atoms with van der Waals surface area (Å²) in [6.07, 6.45) is -2.80. The van der Waals surface area contributed by atoms with Crippen LogP contribution in [0.25, 0.3) is 0 Å². The molecule has 1 unspecified atom stereocenters. The van der Waals surface area contributed by atoms with Crippen LogP contribution in [0.15, 0.2) is 0 Å². The van der Waals surface area contributed by atoms with Crippen molar-refractivity contribution in [2.75, 3.05) is 13.1 Å². The topological polar surface area (TPSA) is 41.1 Å². The molecule has 2 N–H and O–H groups in total. The van der Waals surface area contributed by atoms with Crippen LogP contribution in [0.1, 0.15) is 46.5 Å². The minimum absolute atomic E-state index is 0.185. The summed E-state index contributed by atoms with van der Waals surface area (Å²) in [5, 5.41) is 5.33. The molecule has 19 heavy (non-hydrogen) atoms. The zero-order valence-corrected chi connectivity index (χ0v) is 11.8. The average molecular weight is 280 g/mol. The fourth-order valence-electron chi connectivity index (χ4n) is 2.63. The van der Waals surface area contributed by atoms with Crippen LogP contribution >= 0.6 is 0 Å². The lowest BCUT2D eigenvalue weighted by Gasteiger charge is -2.37. The minimum atomic E-state index is -4.51. The zero-order chi connectivity index (χ0) is 14.7. The van der Waals surface area contributed by atoms with Crippen molar-refractivity contribution in [1.29, 1.82) is 0 Å². The summed E-state index contributed by atoms with van der Waals surface area (Å²) in [4.78, 5) is 12.2. The van der Waals surface area contributed by atoms with Crippen molar-refractivity contribution in [2.45, 2.75) is 58.2 Å². The van der Waals surface area contributed by atoms with Crippen LogP contribution in [-0.4, -0.2) is 30.7 Å². The van der Waals surface area contributed by atoms with E-state index in [1.54, 1.807) is 0 Å². The van der Waals surface area contributed by atoms with Gasteiger partial charge in [-0.2, -0.15) is 13.2 Å². The van der Waals surface area contributed by atoms with Gasteiger partial charge in [-0.25, -0.2) is 0 Å². The molecule has 1 aliphatic rings. The highest BCUT2D eigenvalue weighted by Gasteiger charge is 2.61. The second-order valence-electron chi connectivity index (χ2n) is 5.30. The molecule has 0 aromatic rings. The lowest BCUT2D eigenvalue weighted by Crippen LogP contribution is -2.58. The highest BCUT2D eigenvalue weighted by Crippen LogP contribution is 2.43. The van der Waals surface area contributed by atoms with E-state index in [-0.39, 0.29) is 19.5 Å². The van der Waals surface area contributed by atoms with Gasteiger partial charge < -0.3 is 10.6 Å². The van der Waals surface area contributed by atoms with Crippen molar-refractivity contribution >= 4 is 5.91 Å². The number of carbonyl (C=O) groups is 1. The Morgan fingerprint density at radius 1 is 1.21 bits per heavy atom. The Balaban J connectivity index is 2.97. The first kappa shape index (κ1) is 16.3. The van der Waals surface area contributed by atoms with Gasteiger partial charge in [-0.05, 0) is 32.2 Å². The Bertz CT molecular complexity index is 310. The molecule has 6 heteroatoms. The van der Waals surface area contributed by atoms with Crippen molar-refractivity contribution in [2.24, 2.45) is 5.41 Å². The van der Waals surface area contributed by atoms with E-state index >= 15 is 0 Å². The van der Waals surface area contributed by atoms with Crippen LogP contribution in [0.4, 0.5) is 13.2 Å². The van der Waals surface area contributed by atoms with Gasteiger partial charge in [0.05, 0.1) is 0 Å². The molecule has 112 valence electrons. The zero-order valence-electron chi connectivity index (χ0n) is 11.8. The van der Waals surface area contributed by atoms with Gasteiger partial charge in [0.25, 0.3) is 0 Å². The van der Waals surface area contributed by atoms with Crippen LogP contribution in [0.3, 0.4) is 0 Å². The number of amides is 1. The van der Waals surface area contributed by atoms with Gasteiger partial charge >= 0.3 is 6.18 Å². The van der Waals surface area contributed by atoms with Gasteiger partial charge in [0.1, 0.15) is 0 Å². The molecule has 1 atom stereocenters. The maximum absolute atomic E-state index is 13.3. The molecule has 0 saturated carbocycles. The summed E-state index contributed by atoms with van der Waals surface area (Å²) in [7, 11) is 0. The molecule has 1 amide bonds. The van der Waals surface area contributed by atoms with Crippen molar-refractivity contribution in [1.82, 2.24) is 10.6 Å². The number of alkyl halides is 3. The van der Waals surface area contributed by atoms with E-state index < -0.39 is 23.0 Å². The fourth-order valence-corrected chi connectivity index (χ4v) is 2.63. The molecule has 0 aromatic carbocycles. The molecule has 0 aliphatic carbocycles. The number of nitrogens with one attached hydrogen (secondary N) is 2. The van der Waals surface area contributed by atoms with Crippen molar-refractivity contribution in [3.63, 3.8) is 0 Å². The maximum Gasteiger partial charge on any atom is 0.404 e. The molecule has 0 aromatic heterocycles. The Morgan fingerprint density at radius 3 is 2.05 bits per heavy atom. The van der Waals surface area contributed by atoms with E-state index in [1.807, 2.05) is 20.8 Å². The fraction of sp³-hybridized carbons (Fsp3) is 0.923. The van der Waals surface area contributed by atoms with Crippen LogP contribution < -0.4 is 10.6 Å². The van der Waals surface area contributed by atoms with Gasteiger partial charge in [0, 0.05) is 12.1 Å². The third kappa shape index (κ3) is 2.88. The molecule has 0 bridgehead atoms. The van der Waals surface area contributed by atoms with Crippen molar-refractivity contribution < 1.29 is 18.0 Å². The Hall–Kier alpha value is -0.780. The first-order valence-electron chi connectivity index (χ1n) is 6.87. The summed E-state index contributed by atoms with van der Waals surface area (Å²) in [5.41, 5.74) is -2.80. The van der Waals surface area contributed by atoms with Crippen LogP contribution in [0.2, 0.25) is 0 Å². The van der Waals surface area contributed by atoms with Gasteiger partial charge in [-0.3, -0.25) is 4.79 Å². The van der Waals surface area contributed by atoms with E-state index in [4.69, 9.17) is 0 Å². The number of hydrogen-bond acceptors (Lipinski definition) is 2. The van der Waals surface area contributed by atoms with Gasteiger partial charge in [-0.15, -0.1) is 0 Å². The normalized spacial score (nSPS) is 24.5. The molecule has 0 spiro atoms. The predicted octanol–water partition coefficient (Wildman–Crippen LogP) is 2.61. The van der Waals surface area contributed by atoms with Crippen molar-refractivity contribution in [3.8, 4) is 0 Å². The SMILES string of the molecule is CCC(CC)(CC)NC(=O)C1(C(F)(F)F)CCNC1. The average Bonchev–Trinajstić information content (AvgIpc) is 2.86. The number of rotatable bonds is 5. The highest BCUT2D eigenvalue weighted by molar-refractivity contribution is 5.85. The number of carbonyl (C=O) groups excluding carboxylic acids is 1. The summed E-state index contributed by atoms with van der Waals surface area (Å²) in [5.74, 6) is -0.879. The van der Waals surface area contributed by atoms with Crippen LogP contribution in [0.5, 0.6) is 0 Å². The van der Waals surface area contributed by atoms with Crippen molar-refractivity contribution in [3.05, 3.63) is 0 Å². The third-order valence-corrected chi connectivity index (χ3v) is 4.54. The smallest absolute Gasteiger partial charge is 0.350 e. The Morgan fingerprint density at radius 2 is 1.74 bits per heavy atom. The second kappa shape index (κ2) is 5.69. The lowest BCUT2D eigenvalue weighted by atomic mass is 9.82. The van der Waals surface area contributed by atoms with Crippen LogP contribution in [-0.2, 0) is 4.79 Å². The Kier molecular flexibility index (Phi) is 4.87. The summed E-state index contributed by atoms with van der Waals surface area (Å²) in [6.45, 7) is 5.57. The minimum Gasteiger partial charge on any atom is -0.350 e. The summed E-state index contributed by atoms with van der Waals surface area (Å²) >= 11 is 0. The molecular weight excluding hydrogens is 257 g/mol. The van der Waals surface area contributed by atoms with E-state index in [0.717, 1.165) is 0 Å². The molecule has 1 rings (SSSR count). The quantitative estimate of drug-likeness (QED) is 0.813. The first-order chi connectivity index (χ1) is 8.77. The summed E-state index contributed by atoms with van der Waals surface area (Å²) in [6, 6.07) is 0. The molecule has 3 nitrogen and oxygen atoms in total. The molecule has 1 saturated heterocycles. The molecule has 0 radical (unpaired) electrons. The number of hydrogen-bond donors (Lipinski definition) is 2. The van der Waals surface area contributed by atoms with E-state index in [2.05, 4.69) is 10.6 Å². The molecule has 1 heterocycles. The molecular formula is C13H23F3N2O. The van der Waals surface area contributed by atoms with E-state index in [9.17, 15) is 18.0 Å². The second-order valence-corrected chi connectivity index (χ2v) is 5.30.